The molecule has 0 radical (unpaired) electrons. The Hall–Kier alpha value is -2.11. The Bertz CT molecular complexity index is 507. The van der Waals surface area contributed by atoms with Crippen molar-refractivity contribution < 1.29 is 14.7 Å². The van der Waals surface area contributed by atoms with Crippen LogP contribution in [0.3, 0.4) is 0 Å². The number of carbonyl (C=O) groups is 2. The maximum Gasteiger partial charge on any atom is 0.305 e. The van der Waals surface area contributed by atoms with E-state index < -0.39 is 5.97 Å². The molecule has 1 aromatic heterocycles. The zero-order valence-electron chi connectivity index (χ0n) is 10.8. The number of nitrogens with zero attached hydrogens (tertiary/aromatic N) is 3. The van der Waals surface area contributed by atoms with Crippen molar-refractivity contribution in [3.05, 3.63) is 24.0 Å². The molecule has 1 amide bonds. The Balaban J connectivity index is 2.01. The van der Waals surface area contributed by atoms with Crippen molar-refractivity contribution in [3.63, 3.8) is 0 Å². The smallest absolute Gasteiger partial charge is 0.305 e. The molecule has 0 bridgehead atoms. The van der Waals surface area contributed by atoms with E-state index in [9.17, 15) is 9.59 Å². The van der Waals surface area contributed by atoms with Gasteiger partial charge in [-0.1, -0.05) is 0 Å². The van der Waals surface area contributed by atoms with E-state index in [0.717, 1.165) is 18.5 Å². The van der Waals surface area contributed by atoms with Crippen LogP contribution < -0.4 is 0 Å². The molecule has 0 aliphatic carbocycles. The van der Waals surface area contributed by atoms with Crippen molar-refractivity contribution in [2.45, 2.75) is 25.3 Å². The lowest BCUT2D eigenvalue weighted by molar-refractivity contribution is -0.139. The predicted molar refractivity (Wildman–Crippen MR) is 69.2 cm³/mol. The van der Waals surface area contributed by atoms with E-state index >= 15 is 0 Å². The number of aliphatic carboxylic acids is 1. The Labute approximate surface area is 111 Å². The molecule has 1 aromatic rings. The number of rotatable bonds is 4. The van der Waals surface area contributed by atoms with Gasteiger partial charge in [0.1, 0.15) is 0 Å². The third kappa shape index (κ3) is 3.21. The number of carbonyl (C=O) groups excluding carboxylic acids is 1. The van der Waals surface area contributed by atoms with Crippen LogP contribution in [0.1, 0.15) is 25.0 Å². The standard InChI is InChI=1S/C13H17N3O3/c1-15-10(6-7-14-15)4-5-12(17)16-8-2-3-11(16)9-13(18)19/h4-7,11H,2-3,8-9H2,1H3,(H,18,19)/b5-4+. The molecule has 0 saturated carbocycles. The molecule has 1 atom stereocenters. The summed E-state index contributed by atoms with van der Waals surface area (Å²) < 4.78 is 1.67. The summed E-state index contributed by atoms with van der Waals surface area (Å²) >= 11 is 0. The Kier molecular flexibility index (Phi) is 3.99. The minimum atomic E-state index is -0.861. The number of carboxylic acids is 1. The molecule has 1 aliphatic heterocycles. The molecule has 19 heavy (non-hydrogen) atoms. The maximum absolute atomic E-state index is 12.1. The van der Waals surface area contributed by atoms with Crippen LogP contribution in [0, 0.1) is 0 Å². The first-order valence-corrected chi connectivity index (χ1v) is 6.26. The van der Waals surface area contributed by atoms with Gasteiger partial charge in [-0.3, -0.25) is 14.3 Å². The molecule has 2 rings (SSSR count). The Morgan fingerprint density at radius 1 is 1.58 bits per heavy atom. The first kappa shape index (κ1) is 13.3. The average molecular weight is 263 g/mol. The van der Waals surface area contributed by atoms with Crippen molar-refractivity contribution in [1.29, 1.82) is 0 Å². The zero-order valence-corrected chi connectivity index (χ0v) is 10.8. The van der Waals surface area contributed by atoms with Gasteiger partial charge in [0, 0.05) is 31.9 Å². The Morgan fingerprint density at radius 2 is 2.37 bits per heavy atom. The van der Waals surface area contributed by atoms with E-state index in [1.807, 2.05) is 6.07 Å². The molecule has 1 saturated heterocycles. The summed E-state index contributed by atoms with van der Waals surface area (Å²) in [7, 11) is 1.80. The summed E-state index contributed by atoms with van der Waals surface area (Å²) in [6.45, 7) is 0.631. The maximum atomic E-state index is 12.1. The summed E-state index contributed by atoms with van der Waals surface area (Å²) in [5.41, 5.74) is 0.835. The predicted octanol–water partition coefficient (Wildman–Crippen LogP) is 0.899. The van der Waals surface area contributed by atoms with Gasteiger partial charge in [0.05, 0.1) is 12.1 Å². The van der Waals surface area contributed by atoms with Crippen molar-refractivity contribution in [3.8, 4) is 0 Å². The fraction of sp³-hybridized carbons (Fsp3) is 0.462. The second kappa shape index (κ2) is 5.69. The molecule has 1 fully saturated rings. The van der Waals surface area contributed by atoms with Gasteiger partial charge in [0.15, 0.2) is 0 Å². The summed E-state index contributed by atoms with van der Waals surface area (Å²) in [6, 6.07) is 1.63. The second-order valence-electron chi connectivity index (χ2n) is 4.64. The van der Waals surface area contributed by atoms with Crippen LogP contribution in [-0.4, -0.2) is 44.3 Å². The molecule has 1 aliphatic rings. The quantitative estimate of drug-likeness (QED) is 0.819. The molecule has 6 heteroatoms. The summed E-state index contributed by atoms with van der Waals surface area (Å²) in [5.74, 6) is -0.995. The molecule has 0 aromatic carbocycles. The van der Waals surface area contributed by atoms with Crippen molar-refractivity contribution in [1.82, 2.24) is 14.7 Å². The molecule has 1 N–H and O–H groups in total. The van der Waals surface area contributed by atoms with Gasteiger partial charge in [-0.05, 0) is 25.0 Å². The lowest BCUT2D eigenvalue weighted by atomic mass is 10.1. The van der Waals surface area contributed by atoms with Gasteiger partial charge in [-0.2, -0.15) is 5.10 Å². The Morgan fingerprint density at radius 3 is 3.00 bits per heavy atom. The van der Waals surface area contributed by atoms with Crippen molar-refractivity contribution >= 4 is 18.0 Å². The number of hydrogen-bond acceptors (Lipinski definition) is 3. The SMILES string of the molecule is Cn1nccc1/C=C/C(=O)N1CCCC1CC(=O)O. The number of carboxylic acid groups (broad SMARTS) is 1. The summed E-state index contributed by atoms with van der Waals surface area (Å²) in [4.78, 5) is 24.4. The fourth-order valence-electron chi connectivity index (χ4n) is 2.34. The first-order valence-electron chi connectivity index (χ1n) is 6.26. The largest absolute Gasteiger partial charge is 0.481 e. The monoisotopic (exact) mass is 263 g/mol. The highest BCUT2D eigenvalue weighted by molar-refractivity contribution is 5.92. The van der Waals surface area contributed by atoms with Crippen LogP contribution in [-0.2, 0) is 16.6 Å². The third-order valence-corrected chi connectivity index (χ3v) is 3.33. The highest BCUT2D eigenvalue weighted by Gasteiger charge is 2.29. The zero-order chi connectivity index (χ0) is 13.8. The fourth-order valence-corrected chi connectivity index (χ4v) is 2.34. The normalized spacial score (nSPS) is 19.2. The van der Waals surface area contributed by atoms with E-state index in [1.54, 1.807) is 28.9 Å². The molecule has 2 heterocycles. The van der Waals surface area contributed by atoms with Crippen molar-refractivity contribution in [2.24, 2.45) is 7.05 Å². The lowest BCUT2D eigenvalue weighted by Gasteiger charge is -2.21. The first-order chi connectivity index (χ1) is 9.08. The van der Waals surface area contributed by atoms with Gasteiger partial charge in [0.25, 0.3) is 0 Å². The van der Waals surface area contributed by atoms with Crippen LogP contribution in [0.2, 0.25) is 0 Å². The highest BCUT2D eigenvalue weighted by Crippen LogP contribution is 2.20. The number of aryl methyl sites for hydroxylation is 1. The van der Waals surface area contributed by atoms with Gasteiger partial charge in [0.2, 0.25) is 5.91 Å². The van der Waals surface area contributed by atoms with Crippen molar-refractivity contribution in [2.75, 3.05) is 6.54 Å². The summed E-state index contributed by atoms with van der Waals surface area (Å²) in [6.07, 6.45) is 6.49. The van der Waals surface area contributed by atoms with E-state index in [-0.39, 0.29) is 18.4 Å². The number of amides is 1. The number of aromatic nitrogens is 2. The average Bonchev–Trinajstić information content (AvgIpc) is 2.95. The molecular weight excluding hydrogens is 246 g/mol. The third-order valence-electron chi connectivity index (χ3n) is 3.33. The van der Waals surface area contributed by atoms with Gasteiger partial charge >= 0.3 is 5.97 Å². The van der Waals surface area contributed by atoms with Crippen LogP contribution in [0.4, 0.5) is 0 Å². The number of likely N-dealkylation sites (tertiary alicyclic amines) is 1. The van der Waals surface area contributed by atoms with Gasteiger partial charge in [-0.15, -0.1) is 0 Å². The second-order valence-corrected chi connectivity index (χ2v) is 4.64. The molecule has 1 unspecified atom stereocenters. The minimum Gasteiger partial charge on any atom is -0.481 e. The lowest BCUT2D eigenvalue weighted by Crippen LogP contribution is -2.35. The van der Waals surface area contributed by atoms with E-state index in [4.69, 9.17) is 5.11 Å². The molecule has 0 spiro atoms. The minimum absolute atomic E-state index is 0.0191. The summed E-state index contributed by atoms with van der Waals surface area (Å²) in [5, 5.41) is 12.8. The number of hydrogen-bond donors (Lipinski definition) is 1. The van der Waals surface area contributed by atoms with Crippen LogP contribution >= 0.6 is 0 Å². The molecule has 6 nitrogen and oxygen atoms in total. The van der Waals surface area contributed by atoms with Crippen LogP contribution in [0.15, 0.2) is 18.3 Å². The van der Waals surface area contributed by atoms with E-state index in [2.05, 4.69) is 5.10 Å². The van der Waals surface area contributed by atoms with E-state index in [0.29, 0.717) is 6.54 Å². The molecule has 102 valence electrons. The van der Waals surface area contributed by atoms with E-state index in [1.165, 1.54) is 6.08 Å². The van der Waals surface area contributed by atoms with Gasteiger partial charge in [-0.25, -0.2) is 0 Å². The topological polar surface area (TPSA) is 75.4 Å². The van der Waals surface area contributed by atoms with Gasteiger partial charge < -0.3 is 10.0 Å². The highest BCUT2D eigenvalue weighted by atomic mass is 16.4. The van der Waals surface area contributed by atoms with Crippen LogP contribution in [0.25, 0.3) is 6.08 Å². The molecular formula is C13H17N3O3. The van der Waals surface area contributed by atoms with Crippen LogP contribution in [0.5, 0.6) is 0 Å².